The average Bonchev–Trinajstić information content (AvgIpc) is 3.31. The zero-order valence-corrected chi connectivity index (χ0v) is 19.8. The molecule has 0 amide bonds. The molecule has 0 bridgehead atoms. The molecule has 0 spiro atoms. The lowest BCUT2D eigenvalue weighted by atomic mass is 9.72. The van der Waals surface area contributed by atoms with Crippen LogP contribution in [-0.4, -0.2) is 25.5 Å². The Morgan fingerprint density at radius 3 is 2.72 bits per heavy atom. The highest BCUT2D eigenvalue weighted by Gasteiger charge is 2.41. The van der Waals surface area contributed by atoms with E-state index < -0.39 is 5.92 Å². The van der Waals surface area contributed by atoms with Gasteiger partial charge in [-0.2, -0.15) is 0 Å². The van der Waals surface area contributed by atoms with Crippen LogP contribution in [0.2, 0.25) is 0 Å². The van der Waals surface area contributed by atoms with E-state index in [4.69, 9.17) is 9.47 Å². The molecule has 2 heterocycles. The molecular formula is C26H29NO4S. The summed E-state index contributed by atoms with van der Waals surface area (Å²) in [6.45, 7) is 6.23. The summed E-state index contributed by atoms with van der Waals surface area (Å²) in [5, 5.41) is 5.45. The molecule has 0 saturated heterocycles. The molecule has 1 aromatic heterocycles. The van der Waals surface area contributed by atoms with Crippen LogP contribution in [0.5, 0.6) is 5.75 Å². The largest absolute Gasteiger partial charge is 0.497 e. The fraction of sp³-hybridized carbons (Fsp3) is 0.385. The van der Waals surface area contributed by atoms with Crippen LogP contribution in [0.15, 0.2) is 64.3 Å². The van der Waals surface area contributed by atoms with Gasteiger partial charge in [-0.25, -0.2) is 4.79 Å². The van der Waals surface area contributed by atoms with Gasteiger partial charge in [0.05, 0.1) is 19.3 Å². The summed E-state index contributed by atoms with van der Waals surface area (Å²) in [5.74, 6) is 0.294. The van der Waals surface area contributed by atoms with Crippen molar-refractivity contribution in [2.45, 2.75) is 45.4 Å². The number of rotatable bonds is 6. The molecule has 5 nitrogen and oxygen atoms in total. The van der Waals surface area contributed by atoms with Crippen molar-refractivity contribution in [2.24, 2.45) is 5.92 Å². The van der Waals surface area contributed by atoms with E-state index in [1.54, 1.807) is 18.4 Å². The third-order valence-corrected chi connectivity index (χ3v) is 7.00. The molecule has 0 saturated carbocycles. The molecule has 1 aromatic carbocycles. The number of ether oxygens (including phenoxy) is 2. The van der Waals surface area contributed by atoms with Crippen molar-refractivity contribution in [1.29, 1.82) is 0 Å². The highest BCUT2D eigenvalue weighted by molar-refractivity contribution is 7.10. The topological polar surface area (TPSA) is 64.6 Å². The van der Waals surface area contributed by atoms with Gasteiger partial charge in [-0.15, -0.1) is 11.3 Å². The summed E-state index contributed by atoms with van der Waals surface area (Å²) in [5.41, 5.74) is 3.68. The van der Waals surface area contributed by atoms with E-state index in [0.717, 1.165) is 23.4 Å². The summed E-state index contributed by atoms with van der Waals surface area (Å²) in [6, 6.07) is 11.7. The number of dihydropyridines is 1. The van der Waals surface area contributed by atoms with Gasteiger partial charge < -0.3 is 14.8 Å². The molecule has 168 valence electrons. The van der Waals surface area contributed by atoms with E-state index in [2.05, 4.69) is 11.4 Å². The SMILES string of the molecule is COc1cccc([C@@H]2C(C(=O)OCC(C)C)=C(C)NC3=C2C(=O)C[C@H](c2cccs2)C3)c1. The van der Waals surface area contributed by atoms with Crippen molar-refractivity contribution in [3.63, 3.8) is 0 Å². The number of hydrogen-bond donors (Lipinski definition) is 1. The Balaban J connectivity index is 1.78. The molecule has 32 heavy (non-hydrogen) atoms. The van der Waals surface area contributed by atoms with Gasteiger partial charge in [0.25, 0.3) is 0 Å². The Hall–Kier alpha value is -2.86. The minimum atomic E-state index is -0.474. The predicted octanol–water partition coefficient (Wildman–Crippen LogP) is 5.32. The molecule has 0 fully saturated rings. The zero-order valence-electron chi connectivity index (χ0n) is 18.9. The van der Waals surface area contributed by atoms with Crippen molar-refractivity contribution in [2.75, 3.05) is 13.7 Å². The summed E-state index contributed by atoms with van der Waals surface area (Å²) in [7, 11) is 1.61. The Kier molecular flexibility index (Phi) is 6.51. The van der Waals surface area contributed by atoms with Crippen LogP contribution in [0, 0.1) is 5.92 Å². The van der Waals surface area contributed by atoms with Gasteiger partial charge in [0.1, 0.15) is 5.75 Å². The van der Waals surface area contributed by atoms with E-state index in [0.29, 0.717) is 29.9 Å². The number of hydrogen-bond acceptors (Lipinski definition) is 6. The smallest absolute Gasteiger partial charge is 0.336 e. The van der Waals surface area contributed by atoms with Crippen LogP contribution in [0.3, 0.4) is 0 Å². The van der Waals surface area contributed by atoms with Gasteiger partial charge in [0, 0.05) is 40.1 Å². The number of benzene rings is 1. The lowest BCUT2D eigenvalue weighted by Crippen LogP contribution is -2.36. The maximum absolute atomic E-state index is 13.5. The summed E-state index contributed by atoms with van der Waals surface area (Å²) in [4.78, 5) is 27.9. The molecule has 1 aliphatic carbocycles. The van der Waals surface area contributed by atoms with Crippen LogP contribution in [0.1, 0.15) is 55.9 Å². The number of ketones is 1. The molecule has 4 rings (SSSR count). The number of methoxy groups -OCH3 is 1. The van der Waals surface area contributed by atoms with Crippen LogP contribution in [-0.2, 0) is 14.3 Å². The number of allylic oxidation sites excluding steroid dienone is 3. The molecule has 6 heteroatoms. The van der Waals surface area contributed by atoms with Crippen LogP contribution < -0.4 is 10.1 Å². The van der Waals surface area contributed by atoms with Gasteiger partial charge in [-0.1, -0.05) is 32.0 Å². The second-order valence-electron chi connectivity index (χ2n) is 8.80. The van der Waals surface area contributed by atoms with E-state index >= 15 is 0 Å². The second kappa shape index (κ2) is 9.33. The standard InChI is InChI=1S/C26H29NO4S/c1-15(2)14-31-26(29)23-16(3)27-20-12-18(22-9-6-10-32-22)13-21(28)25(20)24(23)17-7-5-8-19(11-17)30-4/h5-11,15,18,24,27H,12-14H2,1-4H3/t18-,24-/m1/s1. The molecule has 1 aliphatic heterocycles. The number of Topliss-reactive ketones (excluding diaryl/α,β-unsaturated/α-hetero) is 1. The average molecular weight is 452 g/mol. The molecule has 2 aliphatic rings. The van der Waals surface area contributed by atoms with E-state index in [1.165, 1.54) is 4.88 Å². The highest BCUT2D eigenvalue weighted by atomic mass is 32.1. The first kappa shape index (κ1) is 22.3. The lowest BCUT2D eigenvalue weighted by Gasteiger charge is -2.36. The maximum Gasteiger partial charge on any atom is 0.336 e. The van der Waals surface area contributed by atoms with Gasteiger partial charge in [-0.3, -0.25) is 4.79 Å². The van der Waals surface area contributed by atoms with Crippen LogP contribution in [0.25, 0.3) is 0 Å². The van der Waals surface area contributed by atoms with Crippen molar-refractivity contribution < 1.29 is 19.1 Å². The number of esters is 1. The Morgan fingerprint density at radius 1 is 1.22 bits per heavy atom. The van der Waals surface area contributed by atoms with Crippen LogP contribution in [0.4, 0.5) is 0 Å². The third-order valence-electron chi connectivity index (χ3n) is 5.97. The predicted molar refractivity (Wildman–Crippen MR) is 126 cm³/mol. The third kappa shape index (κ3) is 4.37. The molecule has 1 N–H and O–H groups in total. The highest BCUT2D eigenvalue weighted by Crippen LogP contribution is 2.46. The van der Waals surface area contributed by atoms with E-state index in [-0.39, 0.29) is 23.6 Å². The van der Waals surface area contributed by atoms with E-state index in [9.17, 15) is 9.59 Å². The minimum absolute atomic E-state index is 0.0756. The van der Waals surface area contributed by atoms with Gasteiger partial charge in [0.2, 0.25) is 0 Å². The number of nitrogens with one attached hydrogen (secondary N) is 1. The summed E-state index contributed by atoms with van der Waals surface area (Å²) >= 11 is 1.68. The minimum Gasteiger partial charge on any atom is -0.497 e. The maximum atomic E-state index is 13.5. The molecule has 2 aromatic rings. The summed E-state index contributed by atoms with van der Waals surface area (Å²) in [6.07, 6.45) is 1.18. The fourth-order valence-corrected chi connectivity index (χ4v) is 5.34. The van der Waals surface area contributed by atoms with Crippen LogP contribution >= 0.6 is 11.3 Å². The fourth-order valence-electron chi connectivity index (χ4n) is 4.51. The van der Waals surface area contributed by atoms with Gasteiger partial charge in [-0.05, 0) is 48.4 Å². The molecule has 0 radical (unpaired) electrons. The Morgan fingerprint density at radius 2 is 2.03 bits per heavy atom. The quantitative estimate of drug-likeness (QED) is 0.603. The summed E-state index contributed by atoms with van der Waals surface area (Å²) < 4.78 is 11.0. The van der Waals surface area contributed by atoms with Crippen molar-refractivity contribution in [3.8, 4) is 5.75 Å². The first-order valence-corrected chi connectivity index (χ1v) is 11.9. The van der Waals surface area contributed by atoms with Crippen molar-refractivity contribution >= 4 is 23.1 Å². The molecular weight excluding hydrogens is 422 g/mol. The van der Waals surface area contributed by atoms with Gasteiger partial charge in [0.15, 0.2) is 5.78 Å². The zero-order chi connectivity index (χ0) is 22.8. The van der Waals surface area contributed by atoms with Crippen molar-refractivity contribution in [3.05, 3.63) is 74.8 Å². The normalized spacial score (nSPS) is 20.8. The number of thiophene rings is 1. The second-order valence-corrected chi connectivity index (χ2v) is 9.78. The molecule has 0 unspecified atom stereocenters. The Labute approximate surface area is 193 Å². The first-order chi connectivity index (χ1) is 15.4. The number of carbonyl (C=O) groups is 2. The lowest BCUT2D eigenvalue weighted by molar-refractivity contribution is -0.140. The van der Waals surface area contributed by atoms with Gasteiger partial charge >= 0.3 is 5.97 Å². The number of carbonyl (C=O) groups excluding carboxylic acids is 2. The Bertz CT molecular complexity index is 1080. The first-order valence-electron chi connectivity index (χ1n) is 11.0. The monoisotopic (exact) mass is 451 g/mol. The van der Waals surface area contributed by atoms with Crippen molar-refractivity contribution in [1.82, 2.24) is 5.32 Å². The molecule has 2 atom stereocenters. The van der Waals surface area contributed by atoms with E-state index in [1.807, 2.05) is 56.5 Å².